The van der Waals surface area contributed by atoms with Crippen molar-refractivity contribution in [2.45, 2.75) is 0 Å². The molecule has 1 aliphatic rings. The zero-order valence-electron chi connectivity index (χ0n) is 13.5. The van der Waals surface area contributed by atoms with Gasteiger partial charge in [-0.2, -0.15) is 0 Å². The van der Waals surface area contributed by atoms with E-state index < -0.39 is 0 Å². The van der Waals surface area contributed by atoms with Crippen LogP contribution in [0.25, 0.3) is 0 Å². The minimum Gasteiger partial charge on any atom is -0.490 e. The Hall–Kier alpha value is -1.13. The maximum absolute atomic E-state index is 5.57. The molecule has 0 unspecified atom stereocenters. The molecule has 2 N–H and O–H groups in total. The fourth-order valence-electron chi connectivity index (χ4n) is 2.15. The van der Waals surface area contributed by atoms with Gasteiger partial charge in [-0.3, -0.25) is 14.9 Å². The van der Waals surface area contributed by atoms with E-state index in [0.717, 1.165) is 51.1 Å². The lowest BCUT2D eigenvalue weighted by Crippen LogP contribution is -2.45. The van der Waals surface area contributed by atoms with E-state index in [1.165, 1.54) is 0 Å². The molecule has 0 saturated carbocycles. The Morgan fingerprint density at radius 3 is 2.83 bits per heavy atom. The van der Waals surface area contributed by atoms with Gasteiger partial charge in [-0.15, -0.1) is 24.0 Å². The Balaban J connectivity index is 0.00000264. The van der Waals surface area contributed by atoms with Crippen molar-refractivity contribution in [2.75, 3.05) is 59.6 Å². The maximum Gasteiger partial charge on any atom is 0.191 e. The highest BCUT2D eigenvalue weighted by molar-refractivity contribution is 14.0. The minimum atomic E-state index is 0. The highest BCUT2D eigenvalue weighted by Gasteiger charge is 2.09. The first-order valence-corrected chi connectivity index (χ1v) is 7.66. The number of hydrogen-bond acceptors (Lipinski definition) is 5. The molecule has 0 atom stereocenters. The van der Waals surface area contributed by atoms with Crippen molar-refractivity contribution in [3.05, 3.63) is 24.5 Å². The highest BCUT2D eigenvalue weighted by Crippen LogP contribution is 2.04. The number of aliphatic imine (C=N–C) groups is 1. The van der Waals surface area contributed by atoms with E-state index in [1.54, 1.807) is 19.4 Å². The van der Waals surface area contributed by atoms with Crippen molar-refractivity contribution in [3.8, 4) is 5.75 Å². The molecule has 0 bridgehead atoms. The summed E-state index contributed by atoms with van der Waals surface area (Å²) in [5, 5.41) is 6.53. The lowest BCUT2D eigenvalue weighted by atomic mass is 10.4. The zero-order valence-corrected chi connectivity index (χ0v) is 15.9. The summed E-state index contributed by atoms with van der Waals surface area (Å²) in [7, 11) is 1.77. The molecule has 0 aliphatic carbocycles. The summed E-state index contributed by atoms with van der Waals surface area (Å²) < 4.78 is 10.9. The van der Waals surface area contributed by atoms with Gasteiger partial charge in [0, 0.05) is 39.4 Å². The molecule has 0 spiro atoms. The number of guanidine groups is 1. The van der Waals surface area contributed by atoms with Gasteiger partial charge in [0.2, 0.25) is 0 Å². The highest BCUT2D eigenvalue weighted by atomic mass is 127. The summed E-state index contributed by atoms with van der Waals surface area (Å²) in [6.07, 6.45) is 3.43. The van der Waals surface area contributed by atoms with E-state index >= 15 is 0 Å². The van der Waals surface area contributed by atoms with Crippen molar-refractivity contribution < 1.29 is 9.47 Å². The maximum atomic E-state index is 5.57. The summed E-state index contributed by atoms with van der Waals surface area (Å²) in [6.45, 7) is 6.79. The van der Waals surface area contributed by atoms with Gasteiger partial charge in [-0.1, -0.05) is 0 Å². The molecule has 0 radical (unpaired) electrons. The monoisotopic (exact) mass is 435 g/mol. The molecule has 0 amide bonds. The quantitative estimate of drug-likeness (QED) is 0.283. The van der Waals surface area contributed by atoms with Gasteiger partial charge >= 0.3 is 0 Å². The number of morpholine rings is 1. The van der Waals surface area contributed by atoms with Crippen LogP contribution < -0.4 is 15.4 Å². The third kappa shape index (κ3) is 8.33. The van der Waals surface area contributed by atoms with Crippen LogP contribution in [0.1, 0.15) is 0 Å². The largest absolute Gasteiger partial charge is 0.490 e. The summed E-state index contributed by atoms with van der Waals surface area (Å²) in [5.41, 5.74) is 0. The number of hydrogen-bond donors (Lipinski definition) is 2. The predicted molar refractivity (Wildman–Crippen MR) is 102 cm³/mol. The van der Waals surface area contributed by atoms with Crippen LogP contribution in [-0.2, 0) is 4.74 Å². The summed E-state index contributed by atoms with van der Waals surface area (Å²) >= 11 is 0. The number of nitrogens with zero attached hydrogens (tertiary/aromatic N) is 3. The molecular weight excluding hydrogens is 409 g/mol. The number of ether oxygens (including phenoxy) is 2. The average Bonchev–Trinajstić information content (AvgIpc) is 2.59. The van der Waals surface area contributed by atoms with E-state index in [4.69, 9.17) is 9.47 Å². The first-order chi connectivity index (χ1) is 10.9. The molecule has 130 valence electrons. The summed E-state index contributed by atoms with van der Waals surface area (Å²) in [4.78, 5) is 10.6. The Morgan fingerprint density at radius 1 is 1.35 bits per heavy atom. The predicted octanol–water partition coefficient (Wildman–Crippen LogP) is 0.576. The molecule has 1 fully saturated rings. The van der Waals surface area contributed by atoms with E-state index in [2.05, 4.69) is 25.5 Å². The summed E-state index contributed by atoms with van der Waals surface area (Å²) in [5.74, 6) is 1.57. The molecule has 7 nitrogen and oxygen atoms in total. The fraction of sp³-hybridized carbons (Fsp3) is 0.600. The fourth-order valence-corrected chi connectivity index (χ4v) is 2.15. The standard InChI is InChI=1S/C15H25N5O2.HI/c1-16-15(18-5-7-20-8-11-21-12-9-20)19-6-10-22-14-3-2-4-17-13-14;/h2-4,13H,5-12H2,1H3,(H2,16,18,19);1H. The Kier molecular flexibility index (Phi) is 10.7. The number of halogens is 1. The first kappa shape index (κ1) is 19.9. The van der Waals surface area contributed by atoms with Crippen LogP contribution in [-0.4, -0.2) is 75.4 Å². The molecule has 8 heteroatoms. The Morgan fingerprint density at radius 2 is 2.13 bits per heavy atom. The van der Waals surface area contributed by atoms with Crippen molar-refractivity contribution in [2.24, 2.45) is 4.99 Å². The zero-order chi connectivity index (χ0) is 15.5. The molecule has 1 saturated heterocycles. The molecule has 1 aromatic heterocycles. The van der Waals surface area contributed by atoms with Gasteiger partial charge in [-0.05, 0) is 12.1 Å². The van der Waals surface area contributed by atoms with Gasteiger partial charge in [0.1, 0.15) is 12.4 Å². The lowest BCUT2D eigenvalue weighted by Gasteiger charge is -2.26. The van der Waals surface area contributed by atoms with Crippen LogP contribution in [0, 0.1) is 0 Å². The van der Waals surface area contributed by atoms with Crippen LogP contribution >= 0.6 is 24.0 Å². The van der Waals surface area contributed by atoms with Gasteiger partial charge < -0.3 is 20.1 Å². The third-order valence-corrected chi connectivity index (χ3v) is 3.35. The topological polar surface area (TPSA) is 71.0 Å². The van der Waals surface area contributed by atoms with Crippen LogP contribution in [0.3, 0.4) is 0 Å². The van der Waals surface area contributed by atoms with E-state index in [-0.39, 0.29) is 24.0 Å². The van der Waals surface area contributed by atoms with Gasteiger partial charge in [0.15, 0.2) is 5.96 Å². The van der Waals surface area contributed by atoms with Crippen molar-refractivity contribution in [1.82, 2.24) is 20.5 Å². The van der Waals surface area contributed by atoms with Gasteiger partial charge in [0.25, 0.3) is 0 Å². The number of rotatable bonds is 7. The molecule has 1 aromatic rings. The molecule has 2 heterocycles. The van der Waals surface area contributed by atoms with E-state index in [9.17, 15) is 0 Å². The second-order valence-corrected chi connectivity index (χ2v) is 4.92. The SMILES string of the molecule is CN=C(NCCOc1cccnc1)NCCN1CCOCC1.I. The van der Waals surface area contributed by atoms with E-state index in [1.807, 2.05) is 12.1 Å². The van der Waals surface area contributed by atoms with E-state index in [0.29, 0.717) is 13.2 Å². The number of aromatic nitrogens is 1. The van der Waals surface area contributed by atoms with Crippen molar-refractivity contribution in [3.63, 3.8) is 0 Å². The summed E-state index contributed by atoms with van der Waals surface area (Å²) in [6, 6.07) is 3.75. The molecule has 0 aromatic carbocycles. The lowest BCUT2D eigenvalue weighted by molar-refractivity contribution is 0.0389. The third-order valence-electron chi connectivity index (χ3n) is 3.35. The van der Waals surface area contributed by atoms with Crippen LogP contribution in [0.15, 0.2) is 29.5 Å². The van der Waals surface area contributed by atoms with Crippen molar-refractivity contribution in [1.29, 1.82) is 0 Å². The van der Waals surface area contributed by atoms with Crippen LogP contribution in [0.4, 0.5) is 0 Å². The minimum absolute atomic E-state index is 0. The molecule has 23 heavy (non-hydrogen) atoms. The van der Waals surface area contributed by atoms with Crippen LogP contribution in [0.2, 0.25) is 0 Å². The smallest absolute Gasteiger partial charge is 0.191 e. The van der Waals surface area contributed by atoms with Crippen LogP contribution in [0.5, 0.6) is 5.75 Å². The Bertz CT molecular complexity index is 441. The van der Waals surface area contributed by atoms with Crippen molar-refractivity contribution >= 4 is 29.9 Å². The second-order valence-electron chi connectivity index (χ2n) is 4.92. The first-order valence-electron chi connectivity index (χ1n) is 7.66. The normalized spacial score (nSPS) is 15.6. The second kappa shape index (κ2) is 12.3. The molecule has 1 aliphatic heterocycles. The molecular formula is C15H26IN5O2. The van der Waals surface area contributed by atoms with Gasteiger partial charge in [-0.25, -0.2) is 0 Å². The average molecular weight is 435 g/mol. The number of nitrogens with one attached hydrogen (secondary N) is 2. The number of pyridine rings is 1. The van der Waals surface area contributed by atoms with Gasteiger partial charge in [0.05, 0.1) is 26.0 Å². The molecule has 2 rings (SSSR count). The Labute approximate surface area is 154 Å².